The van der Waals surface area contributed by atoms with Crippen LogP contribution in [0.1, 0.15) is 27.2 Å². The Morgan fingerprint density at radius 1 is 1.14 bits per heavy atom. The van der Waals surface area contributed by atoms with Gasteiger partial charge in [-0.2, -0.15) is 13.2 Å². The van der Waals surface area contributed by atoms with E-state index in [1.807, 2.05) is 0 Å². The van der Waals surface area contributed by atoms with Crippen LogP contribution < -0.4 is 5.32 Å². The standard InChI is InChI=1S/C11H24N2O2.C2HF3O2/c1-5-13(6-2,7-3)9-8-10-15-11(14)12-4;3-2(4,5)1(6)7/h5-10H2,1-4H3;(H,6,7)/p+1. The third-order valence-electron chi connectivity index (χ3n) is 3.47. The lowest BCUT2D eigenvalue weighted by atomic mass is 10.3. The van der Waals surface area contributed by atoms with E-state index < -0.39 is 12.1 Å². The highest BCUT2D eigenvalue weighted by Gasteiger charge is 2.38. The Bertz CT molecular complexity index is 323. The number of carboxylic acids is 1. The summed E-state index contributed by atoms with van der Waals surface area (Å²) in [7, 11) is 1.58. The number of ether oxygens (including phenoxy) is 1. The Morgan fingerprint density at radius 2 is 1.55 bits per heavy atom. The molecule has 0 spiro atoms. The van der Waals surface area contributed by atoms with Gasteiger partial charge in [-0.3, -0.25) is 0 Å². The van der Waals surface area contributed by atoms with Crippen molar-refractivity contribution in [1.29, 1.82) is 0 Å². The van der Waals surface area contributed by atoms with Gasteiger partial charge in [0, 0.05) is 13.5 Å². The monoisotopic (exact) mass is 331 g/mol. The largest absolute Gasteiger partial charge is 0.490 e. The SMILES string of the molecule is CC[N+](CC)(CC)CCCOC(=O)NC.O=C(O)C(F)(F)F. The molecule has 0 radical (unpaired) electrons. The molecule has 132 valence electrons. The number of carbonyl (C=O) groups is 2. The molecule has 0 saturated heterocycles. The summed E-state index contributed by atoms with van der Waals surface area (Å²) in [6.45, 7) is 11.7. The number of nitrogens with one attached hydrogen (secondary N) is 1. The van der Waals surface area contributed by atoms with Crippen molar-refractivity contribution in [1.82, 2.24) is 5.32 Å². The second kappa shape index (κ2) is 11.1. The lowest BCUT2D eigenvalue weighted by Gasteiger charge is -2.35. The zero-order chi connectivity index (χ0) is 17.8. The quantitative estimate of drug-likeness (QED) is 0.554. The Kier molecular flexibility index (Phi) is 11.5. The molecule has 0 atom stereocenters. The Balaban J connectivity index is 0. The molecule has 0 heterocycles. The summed E-state index contributed by atoms with van der Waals surface area (Å²) >= 11 is 0. The fourth-order valence-corrected chi connectivity index (χ4v) is 1.78. The maximum atomic E-state index is 10.8. The zero-order valence-corrected chi connectivity index (χ0v) is 13.5. The van der Waals surface area contributed by atoms with Gasteiger partial charge in [0.1, 0.15) is 0 Å². The van der Waals surface area contributed by atoms with Gasteiger partial charge in [-0.05, 0) is 20.8 Å². The van der Waals surface area contributed by atoms with E-state index >= 15 is 0 Å². The number of hydrogen-bond donors (Lipinski definition) is 2. The molecule has 0 aliphatic rings. The van der Waals surface area contributed by atoms with Crippen LogP contribution in [0, 0.1) is 0 Å². The number of amides is 1. The van der Waals surface area contributed by atoms with Crippen LogP contribution in [-0.4, -0.2) is 67.7 Å². The predicted octanol–water partition coefficient (Wildman–Crippen LogP) is 2.24. The van der Waals surface area contributed by atoms with Crippen molar-refractivity contribution >= 4 is 12.1 Å². The summed E-state index contributed by atoms with van der Waals surface area (Å²) in [5.74, 6) is -2.76. The molecule has 1 amide bonds. The van der Waals surface area contributed by atoms with E-state index in [2.05, 4.69) is 26.1 Å². The molecule has 0 saturated carbocycles. The minimum Gasteiger partial charge on any atom is -0.475 e. The van der Waals surface area contributed by atoms with E-state index in [0.29, 0.717) is 6.61 Å². The molecule has 0 unspecified atom stereocenters. The Labute approximate surface area is 128 Å². The van der Waals surface area contributed by atoms with Crippen LogP contribution in [-0.2, 0) is 9.53 Å². The fourth-order valence-electron chi connectivity index (χ4n) is 1.78. The lowest BCUT2D eigenvalue weighted by molar-refractivity contribution is -0.923. The van der Waals surface area contributed by atoms with Crippen molar-refractivity contribution < 1.29 is 37.1 Å². The van der Waals surface area contributed by atoms with Gasteiger partial charge in [0.25, 0.3) is 0 Å². The number of carbonyl (C=O) groups excluding carboxylic acids is 1. The van der Waals surface area contributed by atoms with Crippen LogP contribution in [0.4, 0.5) is 18.0 Å². The first-order valence-corrected chi connectivity index (χ1v) is 7.08. The molecule has 2 N–H and O–H groups in total. The maximum Gasteiger partial charge on any atom is 0.490 e. The number of alkyl halides is 3. The molecule has 0 aromatic rings. The molecule has 0 aromatic carbocycles. The van der Waals surface area contributed by atoms with Crippen LogP contribution in [0.5, 0.6) is 0 Å². The number of carboxylic acid groups (broad SMARTS) is 1. The van der Waals surface area contributed by atoms with Crippen LogP contribution >= 0.6 is 0 Å². The molecule has 0 rings (SSSR count). The molecule has 6 nitrogen and oxygen atoms in total. The number of hydrogen-bond acceptors (Lipinski definition) is 3. The van der Waals surface area contributed by atoms with E-state index in [0.717, 1.165) is 37.1 Å². The second-order valence-corrected chi connectivity index (χ2v) is 4.56. The van der Waals surface area contributed by atoms with Crippen LogP contribution in [0.3, 0.4) is 0 Å². The first-order chi connectivity index (χ1) is 10.1. The maximum absolute atomic E-state index is 10.8. The smallest absolute Gasteiger partial charge is 0.475 e. The summed E-state index contributed by atoms with van der Waals surface area (Å²) in [6.07, 6.45) is -4.49. The molecule has 0 aliphatic heterocycles. The van der Waals surface area contributed by atoms with Gasteiger partial charge >= 0.3 is 18.2 Å². The number of alkyl carbamates (subject to hydrolysis) is 1. The van der Waals surface area contributed by atoms with E-state index in [4.69, 9.17) is 14.6 Å². The third-order valence-corrected chi connectivity index (χ3v) is 3.47. The number of halogens is 3. The van der Waals surface area contributed by atoms with Gasteiger partial charge in [-0.15, -0.1) is 0 Å². The van der Waals surface area contributed by atoms with Gasteiger partial charge in [-0.1, -0.05) is 0 Å². The fraction of sp³-hybridized carbons (Fsp3) is 0.846. The summed E-state index contributed by atoms with van der Waals surface area (Å²) in [4.78, 5) is 19.7. The highest BCUT2D eigenvalue weighted by atomic mass is 19.4. The minimum absolute atomic E-state index is 0.336. The number of quaternary nitrogens is 1. The highest BCUT2D eigenvalue weighted by Crippen LogP contribution is 2.13. The minimum atomic E-state index is -5.08. The summed E-state index contributed by atoms with van der Waals surface area (Å²) in [6, 6.07) is 0. The van der Waals surface area contributed by atoms with Gasteiger partial charge < -0.3 is 19.6 Å². The van der Waals surface area contributed by atoms with Crippen molar-refractivity contribution in [2.24, 2.45) is 0 Å². The Hall–Kier alpha value is -1.51. The first-order valence-electron chi connectivity index (χ1n) is 7.08. The van der Waals surface area contributed by atoms with E-state index in [9.17, 15) is 18.0 Å². The van der Waals surface area contributed by atoms with Gasteiger partial charge in [0.15, 0.2) is 0 Å². The summed E-state index contributed by atoms with van der Waals surface area (Å²) < 4.78 is 37.8. The van der Waals surface area contributed by atoms with Crippen molar-refractivity contribution in [3.63, 3.8) is 0 Å². The number of aliphatic carboxylic acids is 1. The lowest BCUT2D eigenvalue weighted by Crippen LogP contribution is -2.48. The zero-order valence-electron chi connectivity index (χ0n) is 13.5. The number of rotatable bonds is 7. The van der Waals surface area contributed by atoms with Gasteiger partial charge in [0.05, 0.1) is 32.8 Å². The predicted molar refractivity (Wildman–Crippen MR) is 75.5 cm³/mol. The van der Waals surface area contributed by atoms with Crippen LogP contribution in [0.2, 0.25) is 0 Å². The molecule has 0 aromatic heterocycles. The third kappa shape index (κ3) is 10.3. The molecular weight excluding hydrogens is 305 g/mol. The van der Waals surface area contributed by atoms with E-state index in [1.54, 1.807) is 7.05 Å². The molecule has 9 heteroatoms. The molecule has 0 bridgehead atoms. The normalized spacial score (nSPS) is 11.2. The van der Waals surface area contributed by atoms with Gasteiger partial charge in [0.2, 0.25) is 0 Å². The van der Waals surface area contributed by atoms with Crippen LogP contribution in [0.25, 0.3) is 0 Å². The summed E-state index contributed by atoms with van der Waals surface area (Å²) in [5, 5.41) is 9.56. The van der Waals surface area contributed by atoms with Crippen molar-refractivity contribution in [3.05, 3.63) is 0 Å². The van der Waals surface area contributed by atoms with E-state index in [1.165, 1.54) is 0 Å². The summed E-state index contributed by atoms with van der Waals surface area (Å²) in [5.41, 5.74) is 0. The van der Waals surface area contributed by atoms with Crippen molar-refractivity contribution in [2.75, 3.05) is 39.8 Å². The Morgan fingerprint density at radius 3 is 1.82 bits per heavy atom. The molecule has 22 heavy (non-hydrogen) atoms. The first kappa shape index (κ1) is 22.8. The second-order valence-electron chi connectivity index (χ2n) is 4.56. The number of nitrogens with zero attached hydrogens (tertiary/aromatic N) is 1. The van der Waals surface area contributed by atoms with Crippen molar-refractivity contribution in [2.45, 2.75) is 33.4 Å². The molecule has 0 aliphatic carbocycles. The van der Waals surface area contributed by atoms with Gasteiger partial charge in [-0.25, -0.2) is 9.59 Å². The molecule has 0 fully saturated rings. The van der Waals surface area contributed by atoms with Crippen LogP contribution in [0.15, 0.2) is 0 Å². The average Bonchev–Trinajstić information content (AvgIpc) is 2.47. The highest BCUT2D eigenvalue weighted by molar-refractivity contribution is 5.73. The topological polar surface area (TPSA) is 75.6 Å². The van der Waals surface area contributed by atoms with E-state index in [-0.39, 0.29) is 6.09 Å². The van der Waals surface area contributed by atoms with Crippen molar-refractivity contribution in [3.8, 4) is 0 Å². The molecular formula is C13H26F3N2O4+. The average molecular weight is 331 g/mol.